The van der Waals surface area contributed by atoms with Crippen LogP contribution in [0.3, 0.4) is 0 Å². The Bertz CT molecular complexity index is 292. The number of rotatable bonds is 2. The second-order valence-electron chi connectivity index (χ2n) is 2.62. The van der Waals surface area contributed by atoms with E-state index in [2.05, 4.69) is 9.98 Å². The molecule has 0 amide bonds. The van der Waals surface area contributed by atoms with Crippen LogP contribution < -0.4 is 5.73 Å². The van der Waals surface area contributed by atoms with Gasteiger partial charge >= 0.3 is 0 Å². The van der Waals surface area contributed by atoms with Crippen LogP contribution in [0.25, 0.3) is 0 Å². The number of hydrogen-bond donors (Lipinski definition) is 1. The van der Waals surface area contributed by atoms with Crippen molar-refractivity contribution in [2.45, 2.75) is 20.3 Å². The third kappa shape index (κ3) is 2.05. The van der Waals surface area contributed by atoms with Crippen molar-refractivity contribution >= 4 is 11.5 Å². The van der Waals surface area contributed by atoms with Crippen molar-refractivity contribution in [3.05, 3.63) is 24.0 Å². The number of pyridine rings is 1. The van der Waals surface area contributed by atoms with Crippen molar-refractivity contribution in [3.63, 3.8) is 0 Å². The molecule has 0 aromatic carbocycles. The molecule has 0 unspecified atom stereocenters. The summed E-state index contributed by atoms with van der Waals surface area (Å²) in [7, 11) is 0. The summed E-state index contributed by atoms with van der Waals surface area (Å²) in [6.07, 6.45) is 4.24. The number of nitrogens with two attached hydrogens (primary N) is 1. The summed E-state index contributed by atoms with van der Waals surface area (Å²) in [5.74, 6) is 0.645. The fourth-order valence-corrected chi connectivity index (χ4v) is 0.806. The van der Waals surface area contributed by atoms with E-state index < -0.39 is 0 Å². The molecule has 0 atom stereocenters. The second kappa shape index (κ2) is 3.85. The van der Waals surface area contributed by atoms with E-state index >= 15 is 0 Å². The molecule has 0 bridgehead atoms. The maximum atomic E-state index is 5.60. The predicted octanol–water partition coefficient (Wildman–Crippen LogP) is 1.79. The second-order valence-corrected chi connectivity index (χ2v) is 2.62. The van der Waals surface area contributed by atoms with Crippen LogP contribution in [0.5, 0.6) is 0 Å². The van der Waals surface area contributed by atoms with E-state index in [4.69, 9.17) is 5.73 Å². The van der Waals surface area contributed by atoms with Crippen LogP contribution in [0, 0.1) is 6.92 Å². The summed E-state index contributed by atoms with van der Waals surface area (Å²) in [5, 5.41) is 0. The quantitative estimate of drug-likeness (QED) is 0.533. The number of amidine groups is 1. The lowest BCUT2D eigenvalue weighted by molar-refractivity contribution is 1.21. The standard InChI is InChI=1S/C9H13N3/c1-3-9(10)12-8-6-11-5-4-7(8)2/h4-6H,3H2,1-2H3,(H2,10,12). The highest BCUT2D eigenvalue weighted by Gasteiger charge is 1.94. The Hall–Kier alpha value is -1.38. The van der Waals surface area contributed by atoms with Gasteiger partial charge in [-0.25, -0.2) is 4.99 Å². The lowest BCUT2D eigenvalue weighted by atomic mass is 10.2. The summed E-state index contributed by atoms with van der Waals surface area (Å²) in [5.41, 5.74) is 7.55. The molecular weight excluding hydrogens is 150 g/mol. The lowest BCUT2D eigenvalue weighted by Crippen LogP contribution is -2.08. The molecule has 64 valence electrons. The third-order valence-corrected chi connectivity index (χ3v) is 1.64. The van der Waals surface area contributed by atoms with Crippen molar-refractivity contribution < 1.29 is 0 Å². The zero-order valence-corrected chi connectivity index (χ0v) is 7.41. The molecule has 1 aromatic rings. The van der Waals surface area contributed by atoms with Gasteiger partial charge in [0.2, 0.25) is 0 Å². The number of nitrogens with zero attached hydrogens (tertiary/aromatic N) is 2. The first-order valence-electron chi connectivity index (χ1n) is 3.97. The first-order valence-corrected chi connectivity index (χ1v) is 3.97. The Morgan fingerprint density at radius 1 is 1.67 bits per heavy atom. The van der Waals surface area contributed by atoms with Gasteiger partial charge in [-0.3, -0.25) is 4.98 Å². The number of aromatic nitrogens is 1. The molecule has 1 rings (SSSR count). The molecule has 3 heteroatoms. The molecule has 1 aromatic heterocycles. The minimum absolute atomic E-state index is 0.645. The van der Waals surface area contributed by atoms with Gasteiger partial charge in [0, 0.05) is 12.6 Å². The molecular formula is C9H13N3. The van der Waals surface area contributed by atoms with E-state index in [0.717, 1.165) is 17.7 Å². The number of aliphatic imine (C=N–C) groups is 1. The first kappa shape index (κ1) is 8.71. The van der Waals surface area contributed by atoms with Gasteiger partial charge in [-0.2, -0.15) is 0 Å². The van der Waals surface area contributed by atoms with Crippen LogP contribution in [0.4, 0.5) is 5.69 Å². The molecule has 0 fully saturated rings. The van der Waals surface area contributed by atoms with E-state index in [1.54, 1.807) is 12.4 Å². The average Bonchev–Trinajstić information content (AvgIpc) is 2.09. The highest BCUT2D eigenvalue weighted by atomic mass is 14.9. The Morgan fingerprint density at radius 2 is 2.42 bits per heavy atom. The van der Waals surface area contributed by atoms with Crippen molar-refractivity contribution in [1.82, 2.24) is 4.98 Å². The van der Waals surface area contributed by atoms with E-state index in [0.29, 0.717) is 5.84 Å². The van der Waals surface area contributed by atoms with Crippen molar-refractivity contribution in [1.29, 1.82) is 0 Å². The summed E-state index contributed by atoms with van der Waals surface area (Å²) < 4.78 is 0. The Labute approximate surface area is 72.3 Å². The van der Waals surface area contributed by atoms with E-state index in [1.807, 2.05) is 19.9 Å². The van der Waals surface area contributed by atoms with Crippen molar-refractivity contribution in [2.75, 3.05) is 0 Å². The first-order chi connectivity index (χ1) is 5.74. The Balaban J connectivity index is 2.96. The highest BCUT2D eigenvalue weighted by molar-refractivity contribution is 5.83. The highest BCUT2D eigenvalue weighted by Crippen LogP contribution is 2.15. The Morgan fingerprint density at radius 3 is 3.00 bits per heavy atom. The SMILES string of the molecule is CCC(N)=Nc1cnccc1C. The molecule has 3 nitrogen and oxygen atoms in total. The maximum absolute atomic E-state index is 5.60. The smallest absolute Gasteiger partial charge is 0.0994 e. The summed E-state index contributed by atoms with van der Waals surface area (Å²) in [6.45, 7) is 3.97. The summed E-state index contributed by atoms with van der Waals surface area (Å²) >= 11 is 0. The van der Waals surface area contributed by atoms with Crippen LogP contribution >= 0.6 is 0 Å². The van der Waals surface area contributed by atoms with Gasteiger partial charge in [-0.05, 0) is 18.6 Å². The van der Waals surface area contributed by atoms with Gasteiger partial charge in [0.05, 0.1) is 17.7 Å². The van der Waals surface area contributed by atoms with Gasteiger partial charge in [0.1, 0.15) is 0 Å². The topological polar surface area (TPSA) is 51.3 Å². The molecule has 2 N–H and O–H groups in total. The minimum Gasteiger partial charge on any atom is -0.387 e. The fraction of sp³-hybridized carbons (Fsp3) is 0.333. The summed E-state index contributed by atoms with van der Waals surface area (Å²) in [6, 6.07) is 1.92. The molecule has 0 saturated carbocycles. The van der Waals surface area contributed by atoms with Crippen LogP contribution in [-0.4, -0.2) is 10.8 Å². The van der Waals surface area contributed by atoms with Crippen LogP contribution in [0.1, 0.15) is 18.9 Å². The predicted molar refractivity (Wildman–Crippen MR) is 50.5 cm³/mol. The van der Waals surface area contributed by atoms with Gasteiger partial charge in [0.25, 0.3) is 0 Å². The lowest BCUT2D eigenvalue weighted by Gasteiger charge is -1.99. The average molecular weight is 163 g/mol. The van der Waals surface area contributed by atoms with E-state index in [-0.39, 0.29) is 0 Å². The minimum atomic E-state index is 0.645. The van der Waals surface area contributed by atoms with Crippen molar-refractivity contribution in [2.24, 2.45) is 10.7 Å². The van der Waals surface area contributed by atoms with Gasteiger partial charge < -0.3 is 5.73 Å². The number of hydrogen-bond acceptors (Lipinski definition) is 2. The molecule has 0 spiro atoms. The largest absolute Gasteiger partial charge is 0.387 e. The molecule has 0 radical (unpaired) electrons. The van der Waals surface area contributed by atoms with E-state index in [1.165, 1.54) is 0 Å². The van der Waals surface area contributed by atoms with Gasteiger partial charge in [-0.1, -0.05) is 6.92 Å². The summed E-state index contributed by atoms with van der Waals surface area (Å²) in [4.78, 5) is 8.18. The normalized spacial score (nSPS) is 11.7. The molecule has 0 aliphatic rings. The van der Waals surface area contributed by atoms with Crippen LogP contribution in [0.15, 0.2) is 23.5 Å². The van der Waals surface area contributed by atoms with Gasteiger partial charge in [0.15, 0.2) is 0 Å². The van der Waals surface area contributed by atoms with Crippen molar-refractivity contribution in [3.8, 4) is 0 Å². The Kier molecular flexibility index (Phi) is 2.80. The zero-order chi connectivity index (χ0) is 8.97. The number of aryl methyl sites for hydroxylation is 1. The molecule has 12 heavy (non-hydrogen) atoms. The molecule has 0 aliphatic heterocycles. The molecule has 0 aliphatic carbocycles. The zero-order valence-electron chi connectivity index (χ0n) is 7.41. The van der Waals surface area contributed by atoms with Crippen LogP contribution in [0.2, 0.25) is 0 Å². The van der Waals surface area contributed by atoms with Gasteiger partial charge in [-0.15, -0.1) is 0 Å². The third-order valence-electron chi connectivity index (χ3n) is 1.64. The fourth-order valence-electron chi connectivity index (χ4n) is 0.806. The van der Waals surface area contributed by atoms with Crippen LogP contribution in [-0.2, 0) is 0 Å². The molecule has 1 heterocycles. The van der Waals surface area contributed by atoms with E-state index in [9.17, 15) is 0 Å². The monoisotopic (exact) mass is 163 g/mol. The maximum Gasteiger partial charge on any atom is 0.0994 e. The molecule has 0 saturated heterocycles.